The Kier molecular flexibility index (Phi) is 7.91. The normalized spacial score (nSPS) is 25.8. The van der Waals surface area contributed by atoms with E-state index in [2.05, 4.69) is 0 Å². The largest absolute Gasteiger partial charge is 0.484 e. The third-order valence-electron chi connectivity index (χ3n) is 4.06. The van der Waals surface area contributed by atoms with E-state index in [9.17, 15) is 4.79 Å². The summed E-state index contributed by atoms with van der Waals surface area (Å²) in [6, 6.07) is 17.9. The highest BCUT2D eigenvalue weighted by atomic mass is 35.5. The predicted octanol–water partition coefficient (Wildman–Crippen LogP) is 2.59. The van der Waals surface area contributed by atoms with Gasteiger partial charge in [0.1, 0.15) is 23.6 Å². The summed E-state index contributed by atoms with van der Waals surface area (Å²) in [5.74, 6) is 0.829. The SMILES string of the molecule is C[C@@H]1OC(=O)[C@@H](N)COC[C@H](Oc2ccccc2)[C@H]1Oc1ccccc1.Cl. The Hall–Kier alpha value is -2.28. The molecule has 0 amide bonds. The lowest BCUT2D eigenvalue weighted by molar-refractivity contribution is -0.156. The van der Waals surface area contributed by atoms with Gasteiger partial charge in [0.15, 0.2) is 12.2 Å². The van der Waals surface area contributed by atoms with E-state index in [4.69, 9.17) is 24.7 Å². The molecule has 146 valence electrons. The van der Waals surface area contributed by atoms with Gasteiger partial charge in [0.25, 0.3) is 0 Å². The number of ether oxygens (including phenoxy) is 4. The van der Waals surface area contributed by atoms with Crippen LogP contribution in [0.3, 0.4) is 0 Å². The number of cyclic esters (lactones) is 1. The molecule has 2 N–H and O–H groups in total. The van der Waals surface area contributed by atoms with E-state index in [1.165, 1.54) is 0 Å². The van der Waals surface area contributed by atoms with Gasteiger partial charge in [-0.25, -0.2) is 0 Å². The smallest absolute Gasteiger partial charge is 0.325 e. The fraction of sp³-hybridized carbons (Fsp3) is 0.350. The Morgan fingerprint density at radius 2 is 1.48 bits per heavy atom. The Balaban J connectivity index is 0.00000261. The molecule has 1 saturated heterocycles. The van der Waals surface area contributed by atoms with E-state index in [0.717, 1.165) is 0 Å². The van der Waals surface area contributed by atoms with Crippen LogP contribution in [0.1, 0.15) is 6.92 Å². The molecular weight excluding hydrogens is 370 g/mol. The lowest BCUT2D eigenvalue weighted by Crippen LogP contribution is -2.47. The lowest BCUT2D eigenvalue weighted by Gasteiger charge is -2.31. The highest BCUT2D eigenvalue weighted by molar-refractivity contribution is 5.85. The summed E-state index contributed by atoms with van der Waals surface area (Å²) in [6.45, 7) is 2.06. The first kappa shape index (κ1) is 21.0. The lowest BCUT2D eigenvalue weighted by atomic mass is 10.1. The van der Waals surface area contributed by atoms with Crippen LogP contribution in [-0.2, 0) is 14.3 Å². The molecule has 0 saturated carbocycles. The molecule has 0 bridgehead atoms. The van der Waals surface area contributed by atoms with Gasteiger partial charge in [-0.3, -0.25) is 4.79 Å². The van der Waals surface area contributed by atoms with Crippen molar-refractivity contribution in [1.29, 1.82) is 0 Å². The van der Waals surface area contributed by atoms with Crippen molar-refractivity contribution >= 4 is 18.4 Å². The summed E-state index contributed by atoms with van der Waals surface area (Å²) in [5, 5.41) is 0. The minimum absolute atomic E-state index is 0. The van der Waals surface area contributed by atoms with Crippen molar-refractivity contribution in [1.82, 2.24) is 0 Å². The molecular formula is C20H24ClNO5. The van der Waals surface area contributed by atoms with Crippen LogP contribution >= 0.6 is 12.4 Å². The van der Waals surface area contributed by atoms with Gasteiger partial charge in [0.05, 0.1) is 13.2 Å². The molecule has 7 heteroatoms. The number of esters is 1. The molecule has 0 aromatic heterocycles. The fourth-order valence-electron chi connectivity index (χ4n) is 2.72. The quantitative estimate of drug-likeness (QED) is 0.804. The number of carbonyl (C=O) groups excluding carboxylic acids is 1. The van der Waals surface area contributed by atoms with Crippen LogP contribution < -0.4 is 15.2 Å². The van der Waals surface area contributed by atoms with E-state index in [1.807, 2.05) is 60.7 Å². The van der Waals surface area contributed by atoms with E-state index in [0.29, 0.717) is 11.5 Å². The monoisotopic (exact) mass is 393 g/mol. The van der Waals surface area contributed by atoms with Gasteiger partial charge < -0.3 is 24.7 Å². The van der Waals surface area contributed by atoms with E-state index < -0.39 is 30.3 Å². The fourth-order valence-corrected chi connectivity index (χ4v) is 2.72. The van der Waals surface area contributed by atoms with Crippen molar-refractivity contribution in [3.05, 3.63) is 60.7 Å². The van der Waals surface area contributed by atoms with Gasteiger partial charge >= 0.3 is 5.97 Å². The number of rotatable bonds is 4. The van der Waals surface area contributed by atoms with Gasteiger partial charge in [-0.2, -0.15) is 0 Å². The predicted molar refractivity (Wildman–Crippen MR) is 103 cm³/mol. The molecule has 27 heavy (non-hydrogen) atoms. The topological polar surface area (TPSA) is 80.0 Å². The maximum absolute atomic E-state index is 12.1. The number of hydrogen-bond donors (Lipinski definition) is 1. The van der Waals surface area contributed by atoms with Crippen LogP contribution in [0, 0.1) is 0 Å². The zero-order valence-electron chi connectivity index (χ0n) is 15.0. The molecule has 1 fully saturated rings. The Bertz CT molecular complexity index is 700. The summed E-state index contributed by atoms with van der Waals surface area (Å²) in [6.07, 6.45) is -1.61. The molecule has 1 aliphatic heterocycles. The highest BCUT2D eigenvalue weighted by Gasteiger charge is 2.36. The molecule has 2 aromatic carbocycles. The van der Waals surface area contributed by atoms with Gasteiger partial charge in [-0.15, -0.1) is 12.4 Å². The zero-order chi connectivity index (χ0) is 18.4. The average molecular weight is 394 g/mol. The van der Waals surface area contributed by atoms with Crippen LogP contribution in [0.4, 0.5) is 0 Å². The second-order valence-corrected chi connectivity index (χ2v) is 6.15. The first-order chi connectivity index (χ1) is 12.6. The van der Waals surface area contributed by atoms with Crippen LogP contribution in [-0.4, -0.2) is 43.5 Å². The van der Waals surface area contributed by atoms with E-state index in [1.54, 1.807) is 6.92 Å². The minimum atomic E-state index is -0.828. The first-order valence-corrected chi connectivity index (χ1v) is 8.60. The van der Waals surface area contributed by atoms with Crippen molar-refractivity contribution in [2.45, 2.75) is 31.3 Å². The van der Waals surface area contributed by atoms with E-state index in [-0.39, 0.29) is 25.6 Å². The summed E-state index contributed by atoms with van der Waals surface area (Å²) in [5.41, 5.74) is 5.79. The third kappa shape index (κ3) is 5.85. The van der Waals surface area contributed by atoms with Gasteiger partial charge in [0, 0.05) is 0 Å². The molecule has 3 rings (SSSR count). The Labute approximate surface area is 165 Å². The second-order valence-electron chi connectivity index (χ2n) is 6.15. The second kappa shape index (κ2) is 10.2. The number of nitrogens with two attached hydrogens (primary N) is 1. The summed E-state index contributed by atoms with van der Waals surface area (Å²) in [4.78, 5) is 12.1. The first-order valence-electron chi connectivity index (χ1n) is 8.60. The molecule has 0 unspecified atom stereocenters. The molecule has 0 radical (unpaired) electrons. The Morgan fingerprint density at radius 1 is 0.926 bits per heavy atom. The van der Waals surface area contributed by atoms with E-state index >= 15 is 0 Å². The number of halogens is 1. The summed E-state index contributed by atoms with van der Waals surface area (Å²) < 4.78 is 23.3. The number of carbonyl (C=O) groups is 1. The molecule has 1 aliphatic rings. The van der Waals surface area contributed by atoms with Crippen LogP contribution in [0.25, 0.3) is 0 Å². The maximum Gasteiger partial charge on any atom is 0.325 e. The van der Waals surface area contributed by atoms with Crippen molar-refractivity contribution < 1.29 is 23.7 Å². The summed E-state index contributed by atoms with van der Waals surface area (Å²) >= 11 is 0. The molecule has 1 heterocycles. The van der Waals surface area contributed by atoms with Gasteiger partial charge in [-0.1, -0.05) is 36.4 Å². The standard InChI is InChI=1S/C20H23NO5.ClH/c1-14-19(26-16-10-6-3-7-11-16)18(25-15-8-4-2-5-9-15)13-23-12-17(21)20(22)24-14;/h2-11,14,17-19H,12-13,21H2,1H3;1H/t14-,17-,18-,19-;/m0./s1. The van der Waals surface area contributed by atoms with Crippen molar-refractivity contribution in [2.24, 2.45) is 5.73 Å². The molecule has 2 aromatic rings. The minimum Gasteiger partial charge on any atom is -0.484 e. The highest BCUT2D eigenvalue weighted by Crippen LogP contribution is 2.22. The van der Waals surface area contributed by atoms with Crippen molar-refractivity contribution in [3.8, 4) is 11.5 Å². The van der Waals surface area contributed by atoms with Crippen LogP contribution in [0.15, 0.2) is 60.7 Å². The van der Waals surface area contributed by atoms with Gasteiger partial charge in [-0.05, 0) is 31.2 Å². The Morgan fingerprint density at radius 3 is 2.07 bits per heavy atom. The van der Waals surface area contributed by atoms with Crippen molar-refractivity contribution in [2.75, 3.05) is 13.2 Å². The zero-order valence-corrected chi connectivity index (χ0v) is 15.8. The van der Waals surface area contributed by atoms with Crippen LogP contribution in [0.5, 0.6) is 11.5 Å². The van der Waals surface area contributed by atoms with Crippen molar-refractivity contribution in [3.63, 3.8) is 0 Å². The molecule has 4 atom stereocenters. The average Bonchev–Trinajstić information content (AvgIpc) is 2.70. The number of hydrogen-bond acceptors (Lipinski definition) is 6. The summed E-state index contributed by atoms with van der Waals surface area (Å²) in [7, 11) is 0. The van der Waals surface area contributed by atoms with Crippen LogP contribution in [0.2, 0.25) is 0 Å². The third-order valence-corrected chi connectivity index (χ3v) is 4.06. The van der Waals surface area contributed by atoms with Gasteiger partial charge in [0.2, 0.25) is 0 Å². The molecule has 6 nitrogen and oxygen atoms in total. The molecule has 0 aliphatic carbocycles. The maximum atomic E-state index is 12.1. The molecule has 0 spiro atoms. The number of para-hydroxylation sites is 2. The number of benzene rings is 2.